The Balaban J connectivity index is 0.000000139. The van der Waals surface area contributed by atoms with Gasteiger partial charge in [-0.25, -0.2) is 9.98 Å². The average Bonchev–Trinajstić information content (AvgIpc) is 4.23. The summed E-state index contributed by atoms with van der Waals surface area (Å²) in [4.78, 5) is 39.5. The summed E-state index contributed by atoms with van der Waals surface area (Å²) in [5.41, 5.74) is 17.1. The van der Waals surface area contributed by atoms with Gasteiger partial charge in [0.25, 0.3) is 11.8 Å². The van der Waals surface area contributed by atoms with Gasteiger partial charge in [-0.1, -0.05) is 76.3 Å². The first kappa shape index (κ1) is 42.9. The standard InChI is InChI=1S/C27H27N3O2.C22H22BrN3O2.C5H6/c1-30-24(31)27(29-25(30)28)17-26(14-4-7-20-5-2-3-6-21(20)16-26)32-23-13-12-19(15-22(23)27)11-10-18-8-9-18;1-26-19(27)22(25-20(26)24)13-21(28-18-9-8-16(23)11-17(18)22)10-4-7-14-5-2-3-6-15(14)12-21;1-2-5-3-4-5/h2-3,5-6,12-13,15,18H,4,7-9,14,16-17H2,1H3,(H2,28,29);2-3,5-6,8-9,11H,4,7,10,12-13H2,1H3,(H2,24,25);1,5H,3-4H2. The Morgan fingerprint density at radius 3 is 1.60 bits per heavy atom. The minimum absolute atomic E-state index is 0.0791. The fraction of sp³-hybridized carbons (Fsp3) is 0.407. The molecule has 8 aliphatic rings. The van der Waals surface area contributed by atoms with E-state index in [1.165, 1.54) is 57.7 Å². The Kier molecular flexibility index (Phi) is 10.8. The number of nitrogens with two attached hydrogens (primary N) is 2. The van der Waals surface area contributed by atoms with Crippen LogP contribution >= 0.6 is 15.9 Å². The van der Waals surface area contributed by atoms with E-state index in [-0.39, 0.29) is 23.7 Å². The number of amides is 2. The molecule has 0 bridgehead atoms. The van der Waals surface area contributed by atoms with Gasteiger partial charge in [-0.05, 0) is 123 Å². The zero-order valence-electron chi connectivity index (χ0n) is 37.2. The van der Waals surface area contributed by atoms with Crippen LogP contribution in [0.25, 0.3) is 0 Å². The number of guanidine groups is 2. The number of ether oxygens (including phenoxy) is 2. The van der Waals surface area contributed by atoms with E-state index in [1.807, 2.05) is 36.4 Å². The SMILES string of the molecule is C#CC1CC1.CN1C(=O)C2(CC3(CCCc4ccccc4C3)Oc3ccc(Br)cc32)N=C1N.CN1C(=O)C2(CC3(CCCc4ccccc4C3)Oc3ccc(C#CC4CC4)cc32)N=C1N. The molecule has 4 heterocycles. The number of carbonyl (C=O) groups excluding carboxylic acids is 2. The summed E-state index contributed by atoms with van der Waals surface area (Å²) >= 11 is 3.53. The monoisotopic (exact) mass is 930 g/mol. The molecule has 0 radical (unpaired) electrons. The number of aliphatic imine (C=N–C) groups is 2. The Labute approximate surface area is 390 Å². The van der Waals surface area contributed by atoms with Crippen molar-refractivity contribution >= 4 is 39.7 Å². The molecule has 0 aromatic heterocycles. The maximum atomic E-state index is 13.6. The fourth-order valence-electron chi connectivity index (χ4n) is 10.7. The molecular formula is C54H55BrN6O4. The molecule has 4 unspecified atom stereocenters. The lowest BCUT2D eigenvalue weighted by molar-refractivity contribution is -0.135. The van der Waals surface area contributed by atoms with E-state index in [1.54, 1.807) is 14.1 Å². The summed E-state index contributed by atoms with van der Waals surface area (Å²) in [6.07, 6.45) is 18.3. The highest BCUT2D eigenvalue weighted by atomic mass is 79.9. The van der Waals surface area contributed by atoms with Crippen molar-refractivity contribution < 1.29 is 19.1 Å². The van der Waals surface area contributed by atoms with Crippen molar-refractivity contribution in [3.05, 3.63) is 128 Å². The van der Waals surface area contributed by atoms with Crippen LogP contribution in [-0.4, -0.2) is 58.8 Å². The number of carbonyl (C=O) groups is 2. The van der Waals surface area contributed by atoms with Gasteiger partial charge in [-0.2, -0.15) is 0 Å². The molecule has 4 aromatic carbocycles. The van der Waals surface area contributed by atoms with E-state index in [0.29, 0.717) is 24.7 Å². The number of hydrogen-bond donors (Lipinski definition) is 2. The summed E-state index contributed by atoms with van der Waals surface area (Å²) in [6, 6.07) is 28.9. The van der Waals surface area contributed by atoms with E-state index >= 15 is 0 Å². The second-order valence-electron chi connectivity index (χ2n) is 19.2. The van der Waals surface area contributed by atoms with Crippen LogP contribution in [0.5, 0.6) is 11.5 Å². The van der Waals surface area contributed by atoms with Crippen LogP contribution in [0.3, 0.4) is 0 Å². The predicted molar refractivity (Wildman–Crippen MR) is 256 cm³/mol. The number of hydrogen-bond acceptors (Lipinski definition) is 8. The van der Waals surface area contributed by atoms with Crippen LogP contribution in [0.15, 0.2) is 99.4 Å². The molecule has 65 heavy (non-hydrogen) atoms. The Morgan fingerprint density at radius 2 is 1.15 bits per heavy atom. The summed E-state index contributed by atoms with van der Waals surface area (Å²) in [6.45, 7) is 0. The third-order valence-corrected chi connectivity index (χ3v) is 15.0. The number of aryl methyl sites for hydroxylation is 2. The normalized spacial score (nSPS) is 27.9. The third kappa shape index (κ3) is 7.96. The molecule has 4 spiro atoms. The van der Waals surface area contributed by atoms with E-state index in [2.05, 4.69) is 82.2 Å². The first-order chi connectivity index (χ1) is 31.3. The summed E-state index contributed by atoms with van der Waals surface area (Å²) in [5, 5.41) is 0. The first-order valence-corrected chi connectivity index (χ1v) is 23.8. The van der Waals surface area contributed by atoms with Crippen molar-refractivity contribution in [1.29, 1.82) is 0 Å². The predicted octanol–water partition coefficient (Wildman–Crippen LogP) is 8.09. The Bertz CT molecular complexity index is 2780. The van der Waals surface area contributed by atoms with Crippen LogP contribution in [0.1, 0.15) is 103 Å². The lowest BCUT2D eigenvalue weighted by atomic mass is 9.72. The average molecular weight is 932 g/mol. The smallest absolute Gasteiger partial charge is 0.261 e. The maximum Gasteiger partial charge on any atom is 0.261 e. The minimum atomic E-state index is -1.05. The zero-order chi connectivity index (χ0) is 45.1. The van der Waals surface area contributed by atoms with Gasteiger partial charge in [0.1, 0.15) is 22.7 Å². The highest BCUT2D eigenvalue weighted by molar-refractivity contribution is 9.10. The van der Waals surface area contributed by atoms with Gasteiger partial charge < -0.3 is 20.9 Å². The lowest BCUT2D eigenvalue weighted by Gasteiger charge is -2.45. The molecule has 4 aromatic rings. The number of rotatable bonds is 0. The van der Waals surface area contributed by atoms with Crippen LogP contribution in [0.4, 0.5) is 0 Å². The number of halogens is 1. The Morgan fingerprint density at radius 1 is 0.677 bits per heavy atom. The topological polar surface area (TPSA) is 136 Å². The van der Waals surface area contributed by atoms with Crippen LogP contribution in [0, 0.1) is 36.0 Å². The van der Waals surface area contributed by atoms with Gasteiger partial charge in [-0.3, -0.25) is 19.4 Å². The van der Waals surface area contributed by atoms with Gasteiger partial charge in [0.05, 0.1) is 0 Å². The second-order valence-corrected chi connectivity index (χ2v) is 20.2. The fourth-order valence-corrected chi connectivity index (χ4v) is 11.1. The Hall–Kier alpha value is -6.04. The molecule has 4 atom stereocenters. The molecule has 4 aliphatic carbocycles. The quantitative estimate of drug-likeness (QED) is 0.171. The molecule has 4 N–H and O–H groups in total. The number of benzene rings is 4. The summed E-state index contributed by atoms with van der Waals surface area (Å²) in [7, 11) is 3.40. The highest BCUT2D eigenvalue weighted by Crippen LogP contribution is 2.54. The number of terminal acetylenes is 1. The minimum Gasteiger partial charge on any atom is -0.486 e. The maximum absolute atomic E-state index is 13.6. The van der Waals surface area contributed by atoms with Crippen molar-refractivity contribution in [3.8, 4) is 35.7 Å². The van der Waals surface area contributed by atoms with Crippen molar-refractivity contribution in [2.24, 2.45) is 33.3 Å². The molecule has 0 saturated heterocycles. The highest BCUT2D eigenvalue weighted by Gasteiger charge is 2.59. The van der Waals surface area contributed by atoms with Gasteiger partial charge >= 0.3 is 0 Å². The number of fused-ring (bicyclic) bond motifs is 6. The number of nitrogens with zero attached hydrogens (tertiary/aromatic N) is 4. The molecule has 2 saturated carbocycles. The number of likely N-dealkylation sites (N-methyl/N-ethyl adjacent to an activating group) is 2. The first-order valence-electron chi connectivity index (χ1n) is 23.0. The third-order valence-electron chi connectivity index (χ3n) is 14.5. The van der Waals surface area contributed by atoms with E-state index in [9.17, 15) is 9.59 Å². The van der Waals surface area contributed by atoms with Gasteiger partial charge in [0, 0.05) is 72.8 Å². The molecule has 2 amide bonds. The largest absolute Gasteiger partial charge is 0.486 e. The molecule has 11 heteroatoms. The molecule has 12 rings (SSSR count). The summed E-state index contributed by atoms with van der Waals surface area (Å²) < 4.78 is 14.3. The van der Waals surface area contributed by atoms with Crippen molar-refractivity contribution in [1.82, 2.24) is 9.80 Å². The van der Waals surface area contributed by atoms with Gasteiger partial charge in [0.2, 0.25) is 0 Å². The second kappa shape index (κ2) is 16.4. The van der Waals surface area contributed by atoms with Crippen molar-refractivity contribution in [2.75, 3.05) is 14.1 Å². The van der Waals surface area contributed by atoms with Crippen molar-refractivity contribution in [3.63, 3.8) is 0 Å². The molecule has 4 aliphatic heterocycles. The van der Waals surface area contributed by atoms with Gasteiger partial charge in [0.15, 0.2) is 23.0 Å². The molecule has 10 nitrogen and oxygen atoms in total. The van der Waals surface area contributed by atoms with Crippen LogP contribution < -0.4 is 20.9 Å². The lowest BCUT2D eigenvalue weighted by Crippen LogP contribution is -2.52. The zero-order valence-corrected chi connectivity index (χ0v) is 38.8. The van der Waals surface area contributed by atoms with Crippen molar-refractivity contribution in [2.45, 2.75) is 112 Å². The van der Waals surface area contributed by atoms with Crippen LogP contribution in [-0.2, 0) is 46.4 Å². The molecule has 332 valence electrons. The van der Waals surface area contributed by atoms with Gasteiger partial charge in [-0.15, -0.1) is 12.3 Å². The van der Waals surface area contributed by atoms with E-state index < -0.39 is 22.3 Å². The van der Waals surface area contributed by atoms with E-state index in [0.717, 1.165) is 84.0 Å². The van der Waals surface area contributed by atoms with E-state index in [4.69, 9.17) is 37.3 Å². The molecular weight excluding hydrogens is 877 g/mol. The summed E-state index contributed by atoms with van der Waals surface area (Å²) in [5.74, 6) is 12.2. The van der Waals surface area contributed by atoms with Crippen LogP contribution in [0.2, 0.25) is 0 Å². The molecule has 2 fully saturated rings.